The number of rotatable bonds is 4. The van der Waals surface area contributed by atoms with E-state index in [-0.39, 0.29) is 24.7 Å². The Morgan fingerprint density at radius 3 is 2.91 bits per heavy atom. The molecule has 1 N–H and O–H groups in total. The van der Waals surface area contributed by atoms with Crippen LogP contribution in [-0.2, 0) is 16.2 Å². The van der Waals surface area contributed by atoms with Crippen LogP contribution in [0.15, 0.2) is 52.2 Å². The van der Waals surface area contributed by atoms with Crippen LogP contribution in [0.3, 0.4) is 0 Å². The number of hydrogen-bond donors (Lipinski definition) is 1. The van der Waals surface area contributed by atoms with Crippen molar-refractivity contribution in [3.05, 3.63) is 59.8 Å². The third-order valence-corrected chi connectivity index (χ3v) is 3.53. The van der Waals surface area contributed by atoms with E-state index >= 15 is 0 Å². The molecule has 22 heavy (non-hydrogen) atoms. The molecular formula is C16H15FN2O3. The maximum absolute atomic E-state index is 13.8. The minimum absolute atomic E-state index is 0.206. The zero-order chi connectivity index (χ0) is 15.6. The van der Waals surface area contributed by atoms with Gasteiger partial charge in [-0.3, -0.25) is 4.79 Å². The van der Waals surface area contributed by atoms with E-state index in [2.05, 4.69) is 10.5 Å². The predicted molar refractivity (Wildman–Crippen MR) is 77.6 cm³/mol. The first-order chi connectivity index (χ1) is 10.6. The minimum atomic E-state index is -1.15. The first kappa shape index (κ1) is 14.3. The lowest BCUT2D eigenvalue weighted by molar-refractivity contribution is -0.141. The first-order valence-corrected chi connectivity index (χ1v) is 6.89. The number of benzene rings is 1. The summed E-state index contributed by atoms with van der Waals surface area (Å²) in [5, 5.41) is 6.61. The first-order valence-electron chi connectivity index (χ1n) is 6.89. The maximum Gasteiger partial charge on any atom is 0.267 e. The summed E-state index contributed by atoms with van der Waals surface area (Å²) in [7, 11) is 0. The second-order valence-corrected chi connectivity index (χ2v) is 5.28. The van der Waals surface area contributed by atoms with Crippen molar-refractivity contribution in [1.29, 1.82) is 0 Å². The Morgan fingerprint density at radius 1 is 1.36 bits per heavy atom. The Hall–Kier alpha value is -2.63. The Labute approximate surface area is 126 Å². The van der Waals surface area contributed by atoms with E-state index < -0.39 is 5.60 Å². The lowest BCUT2D eigenvalue weighted by atomic mass is 9.95. The molecule has 2 aromatic rings. The van der Waals surface area contributed by atoms with Crippen LogP contribution in [0.5, 0.6) is 0 Å². The van der Waals surface area contributed by atoms with Crippen molar-refractivity contribution < 1.29 is 18.4 Å². The van der Waals surface area contributed by atoms with Gasteiger partial charge >= 0.3 is 0 Å². The van der Waals surface area contributed by atoms with Crippen LogP contribution >= 0.6 is 0 Å². The van der Waals surface area contributed by atoms with Crippen molar-refractivity contribution in [2.45, 2.75) is 25.5 Å². The zero-order valence-corrected chi connectivity index (χ0v) is 12.0. The van der Waals surface area contributed by atoms with Crippen LogP contribution in [0.4, 0.5) is 4.39 Å². The van der Waals surface area contributed by atoms with E-state index in [1.807, 2.05) is 0 Å². The van der Waals surface area contributed by atoms with Crippen molar-refractivity contribution >= 4 is 11.6 Å². The van der Waals surface area contributed by atoms with Gasteiger partial charge in [0.25, 0.3) is 5.91 Å². The summed E-state index contributed by atoms with van der Waals surface area (Å²) >= 11 is 0. The molecule has 6 heteroatoms. The molecule has 5 nitrogen and oxygen atoms in total. The van der Waals surface area contributed by atoms with Crippen molar-refractivity contribution in [2.75, 3.05) is 0 Å². The van der Waals surface area contributed by atoms with Crippen molar-refractivity contribution in [3.63, 3.8) is 0 Å². The summed E-state index contributed by atoms with van der Waals surface area (Å²) in [6, 6.07) is 9.79. The Morgan fingerprint density at radius 2 is 2.18 bits per heavy atom. The van der Waals surface area contributed by atoms with Gasteiger partial charge in [-0.15, -0.1) is 0 Å². The second-order valence-electron chi connectivity index (χ2n) is 5.28. The van der Waals surface area contributed by atoms with E-state index in [0.717, 1.165) is 0 Å². The van der Waals surface area contributed by atoms with Gasteiger partial charge in [-0.25, -0.2) is 4.39 Å². The molecule has 1 aromatic heterocycles. The number of nitrogens with one attached hydrogen (secondary N) is 1. The fraction of sp³-hybridized carbons (Fsp3) is 0.250. The summed E-state index contributed by atoms with van der Waals surface area (Å²) in [5.41, 5.74) is -0.372. The van der Waals surface area contributed by atoms with Gasteiger partial charge in [0.05, 0.1) is 18.5 Å². The Bertz CT molecular complexity index is 712. The topological polar surface area (TPSA) is 63.8 Å². The maximum atomic E-state index is 13.8. The molecule has 0 bridgehead atoms. The molecule has 1 atom stereocenters. The average Bonchev–Trinajstić information content (AvgIpc) is 3.16. The summed E-state index contributed by atoms with van der Waals surface area (Å²) in [6.45, 7) is 1.89. The smallest absolute Gasteiger partial charge is 0.267 e. The number of carbonyl (C=O) groups is 1. The SMILES string of the molecule is C[C@@]1(C(=O)NCc2ccco2)CC(c2ccccc2F)=NO1. The normalized spacial score (nSPS) is 20.4. The summed E-state index contributed by atoms with van der Waals surface area (Å²) in [5.74, 6) is -0.0609. The number of halogens is 1. The number of hydrogen-bond acceptors (Lipinski definition) is 4. The van der Waals surface area contributed by atoms with Crippen LogP contribution in [0.1, 0.15) is 24.7 Å². The third-order valence-electron chi connectivity index (χ3n) is 3.53. The van der Waals surface area contributed by atoms with Crippen LogP contribution < -0.4 is 5.32 Å². The highest BCUT2D eigenvalue weighted by atomic mass is 19.1. The second kappa shape index (κ2) is 5.63. The monoisotopic (exact) mass is 302 g/mol. The largest absolute Gasteiger partial charge is 0.467 e. The summed E-state index contributed by atoms with van der Waals surface area (Å²) in [6.07, 6.45) is 1.74. The number of nitrogens with zero attached hydrogens (tertiary/aromatic N) is 1. The van der Waals surface area contributed by atoms with E-state index in [9.17, 15) is 9.18 Å². The molecule has 2 heterocycles. The van der Waals surface area contributed by atoms with E-state index in [4.69, 9.17) is 9.25 Å². The fourth-order valence-electron chi connectivity index (χ4n) is 2.27. The van der Waals surface area contributed by atoms with Crippen LogP contribution in [-0.4, -0.2) is 17.2 Å². The number of amides is 1. The van der Waals surface area contributed by atoms with Gasteiger partial charge in [0, 0.05) is 12.0 Å². The van der Waals surface area contributed by atoms with Gasteiger partial charge < -0.3 is 14.6 Å². The standard InChI is InChI=1S/C16H15FN2O3/c1-16(15(20)18-10-11-5-4-8-21-11)9-14(19-22-16)12-6-2-3-7-13(12)17/h2-8H,9-10H2,1H3,(H,18,20)/t16-/m0/s1. The molecular weight excluding hydrogens is 287 g/mol. The average molecular weight is 302 g/mol. The quantitative estimate of drug-likeness (QED) is 0.944. The molecule has 0 unspecified atom stereocenters. The number of carbonyl (C=O) groups excluding carboxylic acids is 1. The molecule has 0 spiro atoms. The lowest BCUT2D eigenvalue weighted by Gasteiger charge is -2.20. The molecule has 0 radical (unpaired) electrons. The number of furan rings is 1. The van der Waals surface area contributed by atoms with Gasteiger partial charge in [-0.05, 0) is 25.1 Å². The summed E-state index contributed by atoms with van der Waals surface area (Å²) in [4.78, 5) is 17.6. The zero-order valence-electron chi connectivity index (χ0n) is 12.0. The van der Waals surface area contributed by atoms with E-state index in [1.54, 1.807) is 37.3 Å². The molecule has 1 aliphatic rings. The van der Waals surface area contributed by atoms with Gasteiger partial charge in [0.1, 0.15) is 11.6 Å². The molecule has 114 valence electrons. The van der Waals surface area contributed by atoms with Crippen molar-refractivity contribution in [2.24, 2.45) is 5.16 Å². The van der Waals surface area contributed by atoms with Crippen LogP contribution in [0.25, 0.3) is 0 Å². The van der Waals surface area contributed by atoms with Crippen molar-refractivity contribution in [3.8, 4) is 0 Å². The van der Waals surface area contributed by atoms with Gasteiger partial charge in [0.2, 0.25) is 5.60 Å². The molecule has 0 aliphatic carbocycles. The van der Waals surface area contributed by atoms with Crippen LogP contribution in [0, 0.1) is 5.82 Å². The summed E-state index contributed by atoms with van der Waals surface area (Å²) < 4.78 is 18.9. The molecule has 0 saturated heterocycles. The van der Waals surface area contributed by atoms with E-state index in [0.29, 0.717) is 17.0 Å². The third kappa shape index (κ3) is 2.72. The highest BCUT2D eigenvalue weighted by Gasteiger charge is 2.42. The highest BCUT2D eigenvalue weighted by molar-refractivity contribution is 6.05. The molecule has 1 aromatic carbocycles. The molecule has 1 aliphatic heterocycles. The molecule has 0 saturated carbocycles. The molecule has 3 rings (SSSR count). The minimum Gasteiger partial charge on any atom is -0.467 e. The Kier molecular flexibility index (Phi) is 3.66. The lowest BCUT2D eigenvalue weighted by Crippen LogP contribution is -2.44. The van der Waals surface area contributed by atoms with Crippen LogP contribution in [0.2, 0.25) is 0 Å². The van der Waals surface area contributed by atoms with Gasteiger partial charge in [-0.1, -0.05) is 23.4 Å². The molecule has 0 fully saturated rings. The number of oxime groups is 1. The van der Waals surface area contributed by atoms with Crippen molar-refractivity contribution in [1.82, 2.24) is 5.32 Å². The fourth-order valence-corrected chi connectivity index (χ4v) is 2.27. The van der Waals surface area contributed by atoms with E-state index in [1.165, 1.54) is 12.3 Å². The molecule has 1 amide bonds. The van der Waals surface area contributed by atoms with Gasteiger partial charge in [0.15, 0.2) is 0 Å². The Balaban J connectivity index is 1.66. The predicted octanol–water partition coefficient (Wildman–Crippen LogP) is 2.62. The van der Waals surface area contributed by atoms with Gasteiger partial charge in [-0.2, -0.15) is 0 Å². The highest BCUT2D eigenvalue weighted by Crippen LogP contribution is 2.27.